The molecule has 1 heterocycles. The van der Waals surface area contributed by atoms with Gasteiger partial charge >= 0.3 is 0 Å². The van der Waals surface area contributed by atoms with Gasteiger partial charge in [0.1, 0.15) is 5.49 Å². The molecule has 0 aliphatic heterocycles. The van der Waals surface area contributed by atoms with E-state index in [9.17, 15) is 0 Å². The van der Waals surface area contributed by atoms with Gasteiger partial charge in [-0.25, -0.2) is 4.99 Å². The number of rotatable bonds is 3. The van der Waals surface area contributed by atoms with Gasteiger partial charge in [0.25, 0.3) is 0 Å². The third-order valence-corrected chi connectivity index (χ3v) is 2.51. The maximum Gasteiger partial charge on any atom is 0.132 e. The molecule has 0 saturated carbocycles. The second-order valence-electron chi connectivity index (χ2n) is 4.13. The first-order valence-electron chi connectivity index (χ1n) is 5.68. The lowest BCUT2D eigenvalue weighted by molar-refractivity contribution is 0.823. The van der Waals surface area contributed by atoms with Gasteiger partial charge in [-0.2, -0.15) is 0 Å². The van der Waals surface area contributed by atoms with Gasteiger partial charge in [-0.3, -0.25) is 0 Å². The van der Waals surface area contributed by atoms with Crippen LogP contribution < -0.4 is 11.2 Å². The summed E-state index contributed by atoms with van der Waals surface area (Å²) in [5.74, 6) is 0. The fraction of sp³-hybridized carbons (Fsp3) is 0.462. The zero-order chi connectivity index (χ0) is 12.1. The average molecular weight is 219 g/mol. The van der Waals surface area contributed by atoms with Gasteiger partial charge in [0, 0.05) is 18.9 Å². The molecule has 0 aromatic carbocycles. The number of nitrogen functional groups attached to an aromatic ring is 1. The van der Waals surface area contributed by atoms with E-state index in [0.717, 1.165) is 35.3 Å². The van der Waals surface area contributed by atoms with Crippen LogP contribution in [-0.4, -0.2) is 4.57 Å². The summed E-state index contributed by atoms with van der Waals surface area (Å²) >= 11 is 0. The Morgan fingerprint density at radius 3 is 2.88 bits per heavy atom. The molecule has 0 bridgehead atoms. The van der Waals surface area contributed by atoms with Crippen LogP contribution in [0.25, 0.3) is 0 Å². The fourth-order valence-electron chi connectivity index (χ4n) is 1.45. The summed E-state index contributed by atoms with van der Waals surface area (Å²) < 4.78 is 1.95. The van der Waals surface area contributed by atoms with E-state index in [1.165, 1.54) is 0 Å². The van der Waals surface area contributed by atoms with Gasteiger partial charge in [-0.05, 0) is 31.9 Å². The minimum atomic E-state index is 0.802. The summed E-state index contributed by atoms with van der Waals surface area (Å²) in [6, 6.07) is 2.01. The van der Waals surface area contributed by atoms with E-state index in [1.807, 2.05) is 37.7 Å². The number of nitrogens with two attached hydrogens (primary N) is 1. The van der Waals surface area contributed by atoms with Crippen molar-refractivity contribution in [2.24, 2.45) is 12.0 Å². The Balaban J connectivity index is 3.13. The molecular formula is C13H21N3. The molecule has 88 valence electrons. The summed E-state index contributed by atoms with van der Waals surface area (Å²) in [4.78, 5) is 4.57. The van der Waals surface area contributed by atoms with Gasteiger partial charge in [0.2, 0.25) is 0 Å². The van der Waals surface area contributed by atoms with E-state index in [1.54, 1.807) is 0 Å². The van der Waals surface area contributed by atoms with E-state index in [-0.39, 0.29) is 0 Å². The average Bonchev–Trinajstić information content (AvgIpc) is 2.23. The summed E-state index contributed by atoms with van der Waals surface area (Å²) in [6.07, 6.45) is 6.29. The van der Waals surface area contributed by atoms with Crippen molar-refractivity contribution in [3.8, 4) is 0 Å². The zero-order valence-corrected chi connectivity index (χ0v) is 10.6. The third kappa shape index (κ3) is 3.26. The Labute approximate surface area is 97.3 Å². The van der Waals surface area contributed by atoms with Crippen molar-refractivity contribution < 1.29 is 0 Å². The van der Waals surface area contributed by atoms with Crippen molar-refractivity contribution >= 4 is 5.69 Å². The van der Waals surface area contributed by atoms with Gasteiger partial charge in [0.15, 0.2) is 0 Å². The Kier molecular flexibility index (Phi) is 4.35. The van der Waals surface area contributed by atoms with E-state index < -0.39 is 0 Å². The van der Waals surface area contributed by atoms with Gasteiger partial charge in [-0.15, -0.1) is 0 Å². The Bertz CT molecular complexity index is 453. The minimum absolute atomic E-state index is 0.802. The van der Waals surface area contributed by atoms with Crippen LogP contribution in [0.1, 0.15) is 32.3 Å². The van der Waals surface area contributed by atoms with Crippen LogP contribution >= 0.6 is 0 Å². The highest BCUT2D eigenvalue weighted by Crippen LogP contribution is 2.05. The summed E-state index contributed by atoms with van der Waals surface area (Å²) in [6.45, 7) is 6.19. The van der Waals surface area contributed by atoms with Crippen molar-refractivity contribution in [1.82, 2.24) is 4.57 Å². The number of pyridine rings is 1. The predicted molar refractivity (Wildman–Crippen MR) is 68.8 cm³/mol. The van der Waals surface area contributed by atoms with Crippen LogP contribution in [0.15, 0.2) is 29.0 Å². The smallest absolute Gasteiger partial charge is 0.132 e. The monoisotopic (exact) mass is 219 g/mol. The van der Waals surface area contributed by atoms with Crippen molar-refractivity contribution in [2.45, 2.75) is 33.6 Å². The molecule has 0 atom stereocenters. The molecule has 2 N–H and O–H groups in total. The lowest BCUT2D eigenvalue weighted by atomic mass is 10.2. The van der Waals surface area contributed by atoms with Gasteiger partial charge in [-0.1, -0.05) is 19.4 Å². The van der Waals surface area contributed by atoms with Gasteiger partial charge < -0.3 is 10.3 Å². The normalized spacial score (nSPS) is 13.2. The molecule has 0 aliphatic carbocycles. The van der Waals surface area contributed by atoms with E-state index in [2.05, 4.69) is 18.0 Å². The number of hydrogen-bond donors (Lipinski definition) is 1. The van der Waals surface area contributed by atoms with Crippen LogP contribution in [0.4, 0.5) is 5.69 Å². The molecule has 3 heteroatoms. The van der Waals surface area contributed by atoms with Crippen LogP contribution in [0.2, 0.25) is 0 Å². The van der Waals surface area contributed by atoms with E-state index in [0.29, 0.717) is 0 Å². The summed E-state index contributed by atoms with van der Waals surface area (Å²) in [5, 5.41) is 0. The second-order valence-corrected chi connectivity index (χ2v) is 4.13. The van der Waals surface area contributed by atoms with E-state index >= 15 is 0 Å². The molecule has 1 aromatic heterocycles. The molecule has 0 aliphatic rings. The van der Waals surface area contributed by atoms with Crippen LogP contribution in [0, 0.1) is 6.92 Å². The molecule has 0 spiro atoms. The first-order valence-corrected chi connectivity index (χ1v) is 5.68. The lowest BCUT2D eigenvalue weighted by Gasteiger charge is -2.05. The summed E-state index contributed by atoms with van der Waals surface area (Å²) in [7, 11) is 1.96. The Hall–Kier alpha value is -1.51. The van der Waals surface area contributed by atoms with Crippen molar-refractivity contribution in [3.63, 3.8) is 0 Å². The topological polar surface area (TPSA) is 43.3 Å². The van der Waals surface area contributed by atoms with Gasteiger partial charge in [0.05, 0.1) is 5.69 Å². The molecule has 1 rings (SSSR count). The van der Waals surface area contributed by atoms with Crippen molar-refractivity contribution in [2.75, 3.05) is 5.73 Å². The number of allylic oxidation sites excluding steroid dienone is 2. The fourth-order valence-corrected chi connectivity index (χ4v) is 1.45. The van der Waals surface area contributed by atoms with Crippen molar-refractivity contribution in [1.29, 1.82) is 0 Å². The molecule has 0 radical (unpaired) electrons. The molecular weight excluding hydrogens is 198 g/mol. The van der Waals surface area contributed by atoms with Crippen LogP contribution in [-0.2, 0) is 7.05 Å². The van der Waals surface area contributed by atoms with Crippen LogP contribution in [0.5, 0.6) is 0 Å². The summed E-state index contributed by atoms with van der Waals surface area (Å²) in [5.41, 5.74) is 9.69. The standard InChI is InChI=1S/C13H21N3/c1-5-6-7-11(3)15-13-8-10(2)12(14)9-16(13)4/h7-9H,5-6,14H2,1-4H3/b11-7+,15-13?. The predicted octanol–water partition coefficient (Wildman–Crippen LogP) is 2.52. The molecule has 16 heavy (non-hydrogen) atoms. The number of anilines is 1. The largest absolute Gasteiger partial charge is 0.397 e. The number of nitrogens with zero attached hydrogens (tertiary/aromatic N) is 2. The molecule has 0 amide bonds. The SMILES string of the molecule is CCC/C=C(\C)N=c1cc(C)c(N)cn1C. The molecule has 0 fully saturated rings. The Morgan fingerprint density at radius 1 is 1.56 bits per heavy atom. The number of hydrogen-bond acceptors (Lipinski definition) is 2. The Morgan fingerprint density at radius 2 is 2.25 bits per heavy atom. The molecule has 3 nitrogen and oxygen atoms in total. The minimum Gasteiger partial charge on any atom is -0.397 e. The highest BCUT2D eigenvalue weighted by atomic mass is 15.0. The molecule has 0 unspecified atom stereocenters. The third-order valence-electron chi connectivity index (χ3n) is 2.51. The quantitative estimate of drug-likeness (QED) is 0.834. The first kappa shape index (κ1) is 12.6. The molecule has 1 aromatic rings. The van der Waals surface area contributed by atoms with E-state index in [4.69, 9.17) is 5.73 Å². The lowest BCUT2D eigenvalue weighted by Crippen LogP contribution is -2.18. The number of aromatic nitrogens is 1. The number of aryl methyl sites for hydroxylation is 2. The maximum absolute atomic E-state index is 5.82. The number of unbranched alkanes of at least 4 members (excludes halogenated alkanes) is 1. The van der Waals surface area contributed by atoms with Crippen molar-refractivity contribution in [3.05, 3.63) is 35.1 Å². The zero-order valence-electron chi connectivity index (χ0n) is 10.6. The molecule has 0 saturated heterocycles. The highest BCUT2D eigenvalue weighted by Gasteiger charge is 1.95. The first-order chi connectivity index (χ1) is 7.54. The maximum atomic E-state index is 5.82. The van der Waals surface area contributed by atoms with Crippen LogP contribution in [0.3, 0.4) is 0 Å². The second kappa shape index (κ2) is 5.54. The highest BCUT2D eigenvalue weighted by molar-refractivity contribution is 5.42.